The largest absolute Gasteiger partial charge is 0.508 e. The summed E-state index contributed by atoms with van der Waals surface area (Å²) in [6, 6.07) is 12.0. The van der Waals surface area contributed by atoms with E-state index in [-0.39, 0.29) is 30.5 Å². The van der Waals surface area contributed by atoms with Crippen molar-refractivity contribution in [2.24, 2.45) is 5.73 Å². The fraction of sp³-hybridized carbons (Fsp3) is 0.370. The van der Waals surface area contributed by atoms with Crippen LogP contribution < -0.4 is 27.0 Å². The average Bonchev–Trinajstić information content (AvgIpc) is 2.93. The summed E-state index contributed by atoms with van der Waals surface area (Å²) in [6.45, 7) is -0.888. The molecule has 13 nitrogen and oxygen atoms in total. The third kappa shape index (κ3) is 13.2. The summed E-state index contributed by atoms with van der Waals surface area (Å²) >= 11 is 1.45. The molecule has 41 heavy (non-hydrogen) atoms. The van der Waals surface area contributed by atoms with Crippen LogP contribution in [0.1, 0.15) is 17.5 Å². The van der Waals surface area contributed by atoms with Crippen molar-refractivity contribution in [1.29, 1.82) is 0 Å². The maximum absolute atomic E-state index is 12.9. The number of nitrogens with one attached hydrogen (secondary N) is 4. The van der Waals surface area contributed by atoms with Crippen LogP contribution in [0.2, 0.25) is 0 Å². The lowest BCUT2D eigenvalue weighted by Gasteiger charge is -2.22. The highest BCUT2D eigenvalue weighted by molar-refractivity contribution is 7.98. The molecule has 2 aromatic carbocycles. The lowest BCUT2D eigenvalue weighted by atomic mass is 10.0. The van der Waals surface area contributed by atoms with E-state index in [9.17, 15) is 34.2 Å². The second kappa shape index (κ2) is 18.3. The Kier molecular flexibility index (Phi) is 15.5. The number of nitrogens with two attached hydrogens (primary N) is 1. The van der Waals surface area contributed by atoms with E-state index in [1.54, 1.807) is 42.5 Å². The Hall–Kier alpha value is -4.14. The molecule has 0 aliphatic carbocycles. The summed E-state index contributed by atoms with van der Waals surface area (Å²) in [5, 5.41) is 28.6. The zero-order chi connectivity index (χ0) is 29.5. The van der Waals surface area contributed by atoms with Gasteiger partial charge in [-0.25, -0.2) is 4.79 Å². The number of phenols is 1. The van der Waals surface area contributed by atoms with E-state index < -0.39 is 60.8 Å². The van der Waals surface area contributed by atoms with E-state index in [2.05, 4.69) is 21.3 Å². The quantitative estimate of drug-likeness (QED) is 0.123. The Morgan fingerprint density at radius 3 is 2.02 bits per heavy atom. The highest BCUT2D eigenvalue weighted by Gasteiger charge is 2.27. The molecule has 0 saturated carbocycles. The number of rotatable bonds is 16. The molecule has 10 N–H and O–H groups in total. The van der Waals surface area contributed by atoms with Crippen LogP contribution in [-0.4, -0.2) is 88.5 Å². The Bertz CT molecular complexity index is 1150. The number of amides is 4. The molecule has 2 rings (SSSR count). The molecule has 0 unspecified atom stereocenters. The number of aromatic hydroxyl groups is 1. The number of carbonyl (C=O) groups is 5. The predicted molar refractivity (Wildman–Crippen MR) is 154 cm³/mol. The number of hydrogen-bond acceptors (Lipinski definition) is 8. The molecule has 3 atom stereocenters. The molecule has 0 bridgehead atoms. The number of carbonyl (C=O) groups excluding carboxylic acids is 4. The molecule has 0 aliphatic heterocycles. The standard InChI is InChI=1S/C27H35N5O7S.H2O/c1-40-12-11-21(27(38)39)32-26(37)22(14-17-5-3-2-4-6-17)31-24(35)16-29-23(34)15-30-25(36)20(28)13-18-7-9-19(33)10-8-18;/h2-10,20-22,33H,11-16,28H2,1H3,(H,29,34)(H,30,36)(H,31,35)(H,32,37)(H,38,39);1H2/t20-,21-,22-;/m0./s1. The number of hydrogen-bond donors (Lipinski definition) is 7. The molecule has 2 aromatic rings. The van der Waals surface area contributed by atoms with Crippen LogP contribution in [0.4, 0.5) is 0 Å². The van der Waals surface area contributed by atoms with Gasteiger partial charge in [0.1, 0.15) is 17.8 Å². The molecule has 0 aliphatic rings. The number of phenolic OH excluding ortho intramolecular Hbond substituents is 1. The van der Waals surface area contributed by atoms with Gasteiger partial charge in [0.2, 0.25) is 23.6 Å². The van der Waals surface area contributed by atoms with Gasteiger partial charge in [0.15, 0.2) is 0 Å². The maximum Gasteiger partial charge on any atom is 0.326 e. The predicted octanol–water partition coefficient (Wildman–Crippen LogP) is -1.28. The van der Waals surface area contributed by atoms with Crippen molar-refractivity contribution in [2.45, 2.75) is 37.4 Å². The van der Waals surface area contributed by atoms with Crippen molar-refractivity contribution >= 4 is 41.4 Å². The van der Waals surface area contributed by atoms with Gasteiger partial charge in [-0.05, 0) is 48.1 Å². The minimum absolute atomic E-state index is 0. The summed E-state index contributed by atoms with van der Waals surface area (Å²) in [5.74, 6) is -3.11. The number of benzene rings is 2. The van der Waals surface area contributed by atoms with Crippen molar-refractivity contribution in [3.63, 3.8) is 0 Å². The molecule has 224 valence electrons. The van der Waals surface area contributed by atoms with Crippen LogP contribution in [0.15, 0.2) is 54.6 Å². The highest BCUT2D eigenvalue weighted by atomic mass is 32.2. The minimum Gasteiger partial charge on any atom is -0.508 e. The monoisotopic (exact) mass is 591 g/mol. The van der Waals surface area contributed by atoms with Gasteiger partial charge in [-0.2, -0.15) is 11.8 Å². The number of aliphatic carboxylic acids is 1. The molecule has 4 amide bonds. The summed E-state index contributed by atoms with van der Waals surface area (Å²) in [6.07, 6.45) is 2.34. The first-order valence-electron chi connectivity index (χ1n) is 12.5. The minimum atomic E-state index is -1.18. The van der Waals surface area contributed by atoms with Gasteiger partial charge in [0.05, 0.1) is 19.1 Å². The van der Waals surface area contributed by atoms with Crippen molar-refractivity contribution in [1.82, 2.24) is 21.3 Å². The average molecular weight is 592 g/mol. The van der Waals surface area contributed by atoms with Crippen LogP contribution in [-0.2, 0) is 36.8 Å². The van der Waals surface area contributed by atoms with Crippen molar-refractivity contribution in [3.8, 4) is 5.75 Å². The fourth-order valence-corrected chi connectivity index (χ4v) is 4.06. The zero-order valence-corrected chi connectivity index (χ0v) is 23.4. The van der Waals surface area contributed by atoms with Gasteiger partial charge in [-0.3, -0.25) is 19.2 Å². The Balaban J connectivity index is 0.00000840. The van der Waals surface area contributed by atoms with Crippen molar-refractivity contribution in [2.75, 3.05) is 25.1 Å². The van der Waals surface area contributed by atoms with E-state index in [1.165, 1.54) is 23.9 Å². The first kappa shape index (κ1) is 34.9. The lowest BCUT2D eigenvalue weighted by molar-refractivity contribution is -0.142. The molecular weight excluding hydrogens is 554 g/mol. The zero-order valence-electron chi connectivity index (χ0n) is 22.6. The normalized spacial score (nSPS) is 12.5. The fourth-order valence-electron chi connectivity index (χ4n) is 3.59. The van der Waals surface area contributed by atoms with Gasteiger partial charge in [-0.1, -0.05) is 42.5 Å². The Morgan fingerprint density at radius 1 is 0.805 bits per heavy atom. The summed E-state index contributed by atoms with van der Waals surface area (Å²) in [7, 11) is 0. The van der Waals surface area contributed by atoms with Crippen LogP contribution in [0, 0.1) is 0 Å². The van der Waals surface area contributed by atoms with Gasteiger partial charge in [0, 0.05) is 6.42 Å². The molecule has 14 heteroatoms. The summed E-state index contributed by atoms with van der Waals surface area (Å²) in [4.78, 5) is 61.5. The Labute approximate surface area is 242 Å². The first-order valence-corrected chi connectivity index (χ1v) is 13.9. The van der Waals surface area contributed by atoms with Crippen LogP contribution in [0.5, 0.6) is 5.75 Å². The number of carboxylic acids is 1. The maximum atomic E-state index is 12.9. The third-order valence-corrected chi connectivity index (χ3v) is 6.40. The van der Waals surface area contributed by atoms with Gasteiger partial charge < -0.3 is 42.7 Å². The van der Waals surface area contributed by atoms with Crippen molar-refractivity contribution in [3.05, 3.63) is 65.7 Å². The van der Waals surface area contributed by atoms with Gasteiger partial charge in [-0.15, -0.1) is 0 Å². The van der Waals surface area contributed by atoms with Crippen molar-refractivity contribution < 1.29 is 39.7 Å². The van der Waals surface area contributed by atoms with E-state index in [1.807, 2.05) is 6.26 Å². The third-order valence-electron chi connectivity index (χ3n) is 5.76. The lowest BCUT2D eigenvalue weighted by Crippen LogP contribution is -2.54. The number of carboxylic acid groups (broad SMARTS) is 1. The van der Waals surface area contributed by atoms with Crippen LogP contribution in [0.3, 0.4) is 0 Å². The molecule has 0 aromatic heterocycles. The van der Waals surface area contributed by atoms with Gasteiger partial charge >= 0.3 is 5.97 Å². The molecule has 0 fully saturated rings. The molecule has 0 heterocycles. The molecule has 0 radical (unpaired) electrons. The second-order valence-electron chi connectivity index (χ2n) is 8.96. The number of thioether (sulfide) groups is 1. The van der Waals surface area contributed by atoms with Crippen LogP contribution in [0.25, 0.3) is 0 Å². The summed E-state index contributed by atoms with van der Waals surface area (Å²) in [5.41, 5.74) is 7.35. The smallest absolute Gasteiger partial charge is 0.326 e. The first-order chi connectivity index (χ1) is 19.1. The second-order valence-corrected chi connectivity index (χ2v) is 9.95. The SMILES string of the molecule is CSCC[C@H](NC(=O)[C@H](Cc1ccccc1)NC(=O)CNC(=O)CNC(=O)[C@@H](N)Cc1ccc(O)cc1)C(=O)O.O. The molecule has 0 spiro atoms. The highest BCUT2D eigenvalue weighted by Crippen LogP contribution is 2.11. The molecule has 0 saturated heterocycles. The van der Waals surface area contributed by atoms with E-state index in [0.717, 1.165) is 11.1 Å². The van der Waals surface area contributed by atoms with E-state index in [0.29, 0.717) is 5.75 Å². The van der Waals surface area contributed by atoms with Gasteiger partial charge in [0.25, 0.3) is 0 Å². The van der Waals surface area contributed by atoms with E-state index in [4.69, 9.17) is 5.73 Å². The molecular formula is C27H37N5O8S. The van der Waals surface area contributed by atoms with Crippen LogP contribution >= 0.6 is 11.8 Å². The Morgan fingerprint density at radius 2 is 1.41 bits per heavy atom. The summed E-state index contributed by atoms with van der Waals surface area (Å²) < 4.78 is 0. The topological polar surface area (TPSA) is 231 Å². The van der Waals surface area contributed by atoms with E-state index >= 15 is 0 Å².